The van der Waals surface area contributed by atoms with Crippen molar-refractivity contribution in [3.63, 3.8) is 0 Å². The Hall–Kier alpha value is -0.860. The van der Waals surface area contributed by atoms with Crippen molar-refractivity contribution in [3.8, 4) is 0 Å². The monoisotopic (exact) mass is 167 g/mol. The van der Waals surface area contributed by atoms with E-state index >= 15 is 0 Å². The van der Waals surface area contributed by atoms with Crippen LogP contribution in [0.1, 0.15) is 12.5 Å². The van der Waals surface area contributed by atoms with Crippen molar-refractivity contribution < 1.29 is 4.74 Å². The zero-order valence-corrected chi connectivity index (χ0v) is 7.79. The Balaban J connectivity index is 0.000000354. The average molecular weight is 167 g/mol. The van der Waals surface area contributed by atoms with E-state index in [1.54, 1.807) is 7.11 Å². The molecule has 0 aliphatic carbocycles. The Kier molecular flexibility index (Phi) is 7.65. The van der Waals surface area contributed by atoms with Gasteiger partial charge in [-0.3, -0.25) is 0 Å². The summed E-state index contributed by atoms with van der Waals surface area (Å²) in [5, 5.41) is 0. The molecule has 1 aromatic rings. The van der Waals surface area contributed by atoms with E-state index in [4.69, 9.17) is 10.5 Å². The van der Waals surface area contributed by atoms with Gasteiger partial charge in [-0.25, -0.2) is 0 Å². The first-order valence-electron chi connectivity index (χ1n) is 4.08. The van der Waals surface area contributed by atoms with Crippen LogP contribution in [0.5, 0.6) is 0 Å². The Labute approximate surface area is 74.4 Å². The molecule has 0 saturated heterocycles. The quantitative estimate of drug-likeness (QED) is 0.729. The van der Waals surface area contributed by atoms with Crippen LogP contribution in [-0.4, -0.2) is 13.7 Å². The van der Waals surface area contributed by atoms with Crippen LogP contribution in [0.15, 0.2) is 30.3 Å². The maximum absolute atomic E-state index is 4.93. The SMILES string of the molecule is CCN.COCc1ccccc1. The summed E-state index contributed by atoms with van der Waals surface area (Å²) in [5.74, 6) is 0. The third-order valence-corrected chi connectivity index (χ3v) is 1.15. The lowest BCUT2D eigenvalue weighted by Crippen LogP contribution is -1.87. The summed E-state index contributed by atoms with van der Waals surface area (Å²) >= 11 is 0. The lowest BCUT2D eigenvalue weighted by Gasteiger charge is -1.95. The molecule has 0 saturated carbocycles. The zero-order chi connectivity index (χ0) is 9.23. The van der Waals surface area contributed by atoms with Crippen molar-refractivity contribution >= 4 is 0 Å². The van der Waals surface area contributed by atoms with Crippen molar-refractivity contribution in [2.75, 3.05) is 13.7 Å². The van der Waals surface area contributed by atoms with Gasteiger partial charge in [0.2, 0.25) is 0 Å². The molecule has 68 valence electrons. The van der Waals surface area contributed by atoms with Crippen molar-refractivity contribution in [2.24, 2.45) is 5.73 Å². The summed E-state index contributed by atoms with van der Waals surface area (Å²) in [7, 11) is 1.70. The summed E-state index contributed by atoms with van der Waals surface area (Å²) in [4.78, 5) is 0. The Bertz CT molecular complexity index is 174. The fourth-order valence-corrected chi connectivity index (χ4v) is 0.741. The maximum Gasteiger partial charge on any atom is 0.0713 e. The number of methoxy groups -OCH3 is 1. The molecule has 0 bridgehead atoms. The Morgan fingerprint density at radius 2 is 1.75 bits per heavy atom. The second-order valence-corrected chi connectivity index (χ2v) is 2.33. The minimum atomic E-state index is 0.709. The molecule has 0 aliphatic rings. The zero-order valence-electron chi connectivity index (χ0n) is 7.79. The summed E-state index contributed by atoms with van der Waals surface area (Å²) in [6, 6.07) is 10.1. The van der Waals surface area contributed by atoms with Crippen molar-refractivity contribution in [1.82, 2.24) is 0 Å². The van der Waals surface area contributed by atoms with Crippen LogP contribution in [0, 0.1) is 0 Å². The number of nitrogens with two attached hydrogens (primary N) is 1. The minimum Gasteiger partial charge on any atom is -0.380 e. The van der Waals surface area contributed by atoms with Gasteiger partial charge in [0.1, 0.15) is 0 Å². The molecule has 0 radical (unpaired) electrons. The first kappa shape index (κ1) is 11.1. The van der Waals surface area contributed by atoms with E-state index < -0.39 is 0 Å². The van der Waals surface area contributed by atoms with Gasteiger partial charge < -0.3 is 10.5 Å². The molecule has 0 atom stereocenters. The fraction of sp³-hybridized carbons (Fsp3) is 0.400. The summed E-state index contributed by atoms with van der Waals surface area (Å²) < 4.78 is 4.93. The minimum absolute atomic E-state index is 0.709. The summed E-state index contributed by atoms with van der Waals surface area (Å²) in [5.41, 5.74) is 6.07. The topological polar surface area (TPSA) is 35.2 Å². The molecule has 0 amide bonds. The number of ether oxygens (including phenoxy) is 1. The van der Waals surface area contributed by atoms with Crippen LogP contribution < -0.4 is 5.73 Å². The second-order valence-electron chi connectivity index (χ2n) is 2.33. The lowest BCUT2D eigenvalue weighted by molar-refractivity contribution is 0.185. The fourth-order valence-electron chi connectivity index (χ4n) is 0.741. The first-order chi connectivity index (χ1) is 5.85. The van der Waals surface area contributed by atoms with Crippen molar-refractivity contribution in [2.45, 2.75) is 13.5 Å². The molecule has 0 fully saturated rings. The molecule has 0 aromatic heterocycles. The largest absolute Gasteiger partial charge is 0.380 e. The summed E-state index contributed by atoms with van der Waals surface area (Å²) in [6.45, 7) is 3.36. The van der Waals surface area contributed by atoms with Gasteiger partial charge in [0.25, 0.3) is 0 Å². The van der Waals surface area contributed by atoms with Gasteiger partial charge >= 0.3 is 0 Å². The van der Waals surface area contributed by atoms with Crippen molar-refractivity contribution in [3.05, 3.63) is 35.9 Å². The van der Waals surface area contributed by atoms with E-state index in [-0.39, 0.29) is 0 Å². The van der Waals surface area contributed by atoms with Gasteiger partial charge in [0.15, 0.2) is 0 Å². The highest BCUT2D eigenvalue weighted by molar-refractivity contribution is 5.13. The Morgan fingerprint density at radius 1 is 1.25 bits per heavy atom. The highest BCUT2D eigenvalue weighted by Crippen LogP contribution is 1.98. The van der Waals surface area contributed by atoms with E-state index in [1.807, 2.05) is 37.3 Å². The number of hydrogen-bond acceptors (Lipinski definition) is 2. The van der Waals surface area contributed by atoms with Gasteiger partial charge in [0.05, 0.1) is 6.61 Å². The van der Waals surface area contributed by atoms with Crippen LogP contribution in [0.2, 0.25) is 0 Å². The highest BCUT2D eigenvalue weighted by Gasteiger charge is 1.84. The van der Waals surface area contributed by atoms with E-state index in [2.05, 4.69) is 0 Å². The van der Waals surface area contributed by atoms with Gasteiger partial charge in [-0.2, -0.15) is 0 Å². The predicted octanol–water partition coefficient (Wildman–Crippen LogP) is 1.80. The molecule has 2 nitrogen and oxygen atoms in total. The standard InChI is InChI=1S/C8H10O.C2H7N/c1-9-7-8-5-3-2-4-6-8;1-2-3/h2-6H,7H2,1H3;2-3H2,1H3. The van der Waals surface area contributed by atoms with E-state index in [1.165, 1.54) is 5.56 Å². The van der Waals surface area contributed by atoms with E-state index in [9.17, 15) is 0 Å². The molecular formula is C10H17NO. The molecule has 0 aliphatic heterocycles. The molecule has 12 heavy (non-hydrogen) atoms. The van der Waals surface area contributed by atoms with Crippen LogP contribution in [0.3, 0.4) is 0 Å². The third kappa shape index (κ3) is 5.89. The van der Waals surface area contributed by atoms with Gasteiger partial charge in [0, 0.05) is 7.11 Å². The van der Waals surface area contributed by atoms with E-state index in [0.717, 1.165) is 6.54 Å². The molecule has 1 rings (SSSR count). The molecule has 1 aromatic carbocycles. The molecule has 2 heteroatoms. The number of rotatable bonds is 2. The first-order valence-corrected chi connectivity index (χ1v) is 4.08. The normalized spacial score (nSPS) is 8.58. The number of hydrogen-bond donors (Lipinski definition) is 1. The predicted molar refractivity (Wildman–Crippen MR) is 51.9 cm³/mol. The molecular weight excluding hydrogens is 150 g/mol. The molecule has 0 heterocycles. The van der Waals surface area contributed by atoms with Gasteiger partial charge in [-0.05, 0) is 12.1 Å². The van der Waals surface area contributed by atoms with Gasteiger partial charge in [-0.1, -0.05) is 37.3 Å². The van der Waals surface area contributed by atoms with Gasteiger partial charge in [-0.15, -0.1) is 0 Å². The van der Waals surface area contributed by atoms with Crippen molar-refractivity contribution in [1.29, 1.82) is 0 Å². The third-order valence-electron chi connectivity index (χ3n) is 1.15. The lowest BCUT2D eigenvalue weighted by atomic mass is 10.2. The molecule has 2 N–H and O–H groups in total. The summed E-state index contributed by atoms with van der Waals surface area (Å²) in [6.07, 6.45) is 0. The van der Waals surface area contributed by atoms with Crippen LogP contribution in [0.25, 0.3) is 0 Å². The maximum atomic E-state index is 4.93. The van der Waals surface area contributed by atoms with Crippen LogP contribution >= 0.6 is 0 Å². The second kappa shape index (κ2) is 8.24. The van der Waals surface area contributed by atoms with Crippen LogP contribution in [0.4, 0.5) is 0 Å². The molecule has 0 spiro atoms. The molecule has 0 unspecified atom stereocenters. The average Bonchev–Trinajstić information content (AvgIpc) is 2.08. The smallest absolute Gasteiger partial charge is 0.0713 e. The van der Waals surface area contributed by atoms with Crippen LogP contribution in [-0.2, 0) is 11.3 Å². The Morgan fingerprint density at radius 3 is 2.17 bits per heavy atom. The highest BCUT2D eigenvalue weighted by atomic mass is 16.5. The van der Waals surface area contributed by atoms with E-state index in [0.29, 0.717) is 6.61 Å². The number of benzene rings is 1.